The summed E-state index contributed by atoms with van der Waals surface area (Å²) in [6.45, 7) is 3.51. The molecule has 11 N–H and O–H groups in total. The third-order valence-electron chi connectivity index (χ3n) is 6.08. The van der Waals surface area contributed by atoms with E-state index in [4.69, 9.17) is 17.2 Å². The molecular weight excluding hydrogens is 524 g/mol. The molecule has 0 radical (unpaired) electrons. The highest BCUT2D eigenvalue weighted by molar-refractivity contribution is 7.80. The van der Waals surface area contributed by atoms with Crippen molar-refractivity contribution >= 4 is 53.2 Å². The average Bonchev–Trinajstić information content (AvgIpc) is 3.29. The van der Waals surface area contributed by atoms with Crippen LogP contribution < -0.4 is 33.2 Å². The summed E-state index contributed by atoms with van der Waals surface area (Å²) in [4.78, 5) is 57.4. The molecule has 2 rings (SSSR count). The minimum atomic E-state index is -1.20. The first-order valence-electron chi connectivity index (χ1n) is 12.5. The van der Waals surface area contributed by atoms with Crippen LogP contribution in [0.25, 0.3) is 10.9 Å². The summed E-state index contributed by atoms with van der Waals surface area (Å²) in [5.41, 5.74) is 18.7. The van der Waals surface area contributed by atoms with Crippen molar-refractivity contribution in [3.63, 3.8) is 0 Å². The van der Waals surface area contributed by atoms with Gasteiger partial charge in [-0.15, -0.1) is 0 Å². The Morgan fingerprint density at radius 2 is 1.67 bits per heavy atom. The maximum absolute atomic E-state index is 13.2. The van der Waals surface area contributed by atoms with E-state index in [2.05, 4.69) is 38.6 Å². The van der Waals surface area contributed by atoms with Crippen LogP contribution in [0, 0.1) is 5.92 Å². The summed E-state index contributed by atoms with van der Waals surface area (Å²) in [7, 11) is 0. The van der Waals surface area contributed by atoms with Gasteiger partial charge in [-0.2, -0.15) is 12.6 Å². The normalized spacial score (nSPS) is 14.2. The zero-order valence-electron chi connectivity index (χ0n) is 22.0. The second-order valence-electron chi connectivity index (χ2n) is 9.49. The van der Waals surface area contributed by atoms with Gasteiger partial charge in [-0.1, -0.05) is 32.0 Å². The van der Waals surface area contributed by atoms with Crippen molar-refractivity contribution in [2.24, 2.45) is 28.1 Å². The van der Waals surface area contributed by atoms with Gasteiger partial charge in [0.25, 0.3) is 0 Å². The van der Waals surface area contributed by atoms with E-state index >= 15 is 0 Å². The number of nitrogens with one attached hydrogen (secondary N) is 4. The first kappa shape index (κ1) is 31.4. The van der Waals surface area contributed by atoms with Crippen molar-refractivity contribution in [3.8, 4) is 0 Å². The third kappa shape index (κ3) is 9.48. The largest absolute Gasteiger partial charge is 0.480 e. The summed E-state index contributed by atoms with van der Waals surface area (Å²) < 4.78 is 0. The number of H-pyrrole nitrogens is 1. The van der Waals surface area contributed by atoms with Crippen molar-refractivity contribution < 1.29 is 24.3 Å². The lowest BCUT2D eigenvalue weighted by Crippen LogP contribution is -2.58. The van der Waals surface area contributed by atoms with Crippen LogP contribution in [0.1, 0.15) is 32.3 Å². The van der Waals surface area contributed by atoms with Crippen molar-refractivity contribution in [1.29, 1.82) is 0 Å². The monoisotopic (exact) mass is 562 g/mol. The van der Waals surface area contributed by atoms with Gasteiger partial charge in [0.15, 0.2) is 5.96 Å². The predicted octanol–water partition coefficient (Wildman–Crippen LogP) is -0.784. The van der Waals surface area contributed by atoms with Crippen LogP contribution in [0.3, 0.4) is 0 Å². The maximum Gasteiger partial charge on any atom is 0.326 e. The van der Waals surface area contributed by atoms with Gasteiger partial charge in [0.05, 0.1) is 6.04 Å². The number of thiol groups is 1. The van der Waals surface area contributed by atoms with Gasteiger partial charge in [-0.05, 0) is 36.8 Å². The Bertz CT molecular complexity index is 1180. The molecule has 0 aliphatic carbocycles. The minimum Gasteiger partial charge on any atom is -0.480 e. The quantitative estimate of drug-likeness (QED) is 0.0577. The number of hydrogen-bond acceptors (Lipinski definition) is 7. The topological polar surface area (TPSA) is 231 Å². The molecule has 0 aliphatic heterocycles. The number of fused-ring (bicyclic) bond motifs is 1. The number of aliphatic carboxylic acids is 1. The van der Waals surface area contributed by atoms with Gasteiger partial charge in [-0.25, -0.2) is 4.79 Å². The van der Waals surface area contributed by atoms with E-state index < -0.39 is 47.9 Å². The Balaban J connectivity index is 2.11. The van der Waals surface area contributed by atoms with Crippen LogP contribution in [0.4, 0.5) is 0 Å². The number of guanidine groups is 1. The van der Waals surface area contributed by atoms with Crippen LogP contribution in [0.5, 0.6) is 0 Å². The number of nitrogens with zero attached hydrogens (tertiary/aromatic N) is 1. The molecular formula is C25H38N8O5S. The van der Waals surface area contributed by atoms with Gasteiger partial charge >= 0.3 is 5.97 Å². The van der Waals surface area contributed by atoms with Crippen molar-refractivity contribution in [2.75, 3.05) is 12.3 Å². The number of carbonyl (C=O) groups excluding carboxylic acids is 3. The molecule has 0 aliphatic rings. The molecule has 0 saturated heterocycles. The van der Waals surface area contributed by atoms with E-state index in [0.29, 0.717) is 6.42 Å². The molecule has 4 atom stereocenters. The summed E-state index contributed by atoms with van der Waals surface area (Å²) in [6, 6.07) is 3.31. The molecule has 3 amide bonds. The van der Waals surface area contributed by atoms with E-state index in [0.717, 1.165) is 16.5 Å². The van der Waals surface area contributed by atoms with E-state index in [9.17, 15) is 24.3 Å². The number of carboxylic acids is 1. The number of carboxylic acid groups (broad SMARTS) is 1. The number of aliphatic imine (C=N–C) groups is 1. The molecule has 0 spiro atoms. The molecule has 1 aromatic carbocycles. The number of rotatable bonds is 15. The number of para-hydroxylation sites is 1. The van der Waals surface area contributed by atoms with E-state index in [1.165, 1.54) is 0 Å². The summed E-state index contributed by atoms with van der Waals surface area (Å²) in [6.07, 6.45) is 2.51. The fourth-order valence-electron chi connectivity index (χ4n) is 3.92. The van der Waals surface area contributed by atoms with Crippen molar-refractivity contribution in [1.82, 2.24) is 20.9 Å². The molecule has 4 unspecified atom stereocenters. The molecule has 0 saturated carbocycles. The Morgan fingerprint density at radius 1 is 1.03 bits per heavy atom. The lowest BCUT2D eigenvalue weighted by molar-refractivity contribution is -0.143. The first-order chi connectivity index (χ1) is 18.4. The third-order valence-corrected chi connectivity index (χ3v) is 6.44. The first-order valence-corrected chi connectivity index (χ1v) is 13.2. The Kier molecular flexibility index (Phi) is 12.1. The second-order valence-corrected chi connectivity index (χ2v) is 9.86. The highest BCUT2D eigenvalue weighted by atomic mass is 32.1. The molecule has 13 nitrogen and oxygen atoms in total. The van der Waals surface area contributed by atoms with Crippen LogP contribution in [0.2, 0.25) is 0 Å². The van der Waals surface area contributed by atoms with Crippen LogP contribution in [0.15, 0.2) is 35.5 Å². The molecule has 2 aromatic rings. The van der Waals surface area contributed by atoms with E-state index in [1.807, 2.05) is 24.3 Å². The van der Waals surface area contributed by atoms with Crippen molar-refractivity contribution in [3.05, 3.63) is 36.0 Å². The average molecular weight is 563 g/mol. The fourth-order valence-corrected chi connectivity index (χ4v) is 4.17. The van der Waals surface area contributed by atoms with Crippen LogP contribution in [-0.2, 0) is 25.6 Å². The summed E-state index contributed by atoms with van der Waals surface area (Å²) in [5, 5.41) is 17.9. The SMILES string of the molecule is CC(C)C(NC(=O)C(CS)NC(=O)C(CCCN=C(N)N)NC(=O)C(N)Cc1c[nH]c2ccccc12)C(=O)O. The van der Waals surface area contributed by atoms with Gasteiger partial charge in [0.1, 0.15) is 18.1 Å². The van der Waals surface area contributed by atoms with Gasteiger partial charge < -0.3 is 43.2 Å². The lowest BCUT2D eigenvalue weighted by atomic mass is 10.0. The molecule has 1 aromatic heterocycles. The zero-order valence-corrected chi connectivity index (χ0v) is 22.9. The fraction of sp³-hybridized carbons (Fsp3) is 0.480. The predicted molar refractivity (Wildman–Crippen MR) is 152 cm³/mol. The highest BCUT2D eigenvalue weighted by Crippen LogP contribution is 2.19. The zero-order chi connectivity index (χ0) is 29.1. The van der Waals surface area contributed by atoms with Crippen LogP contribution >= 0.6 is 12.6 Å². The molecule has 0 fully saturated rings. The van der Waals surface area contributed by atoms with E-state index in [-0.39, 0.29) is 37.0 Å². The van der Waals surface area contributed by atoms with Crippen LogP contribution in [-0.4, -0.2) is 76.2 Å². The summed E-state index contributed by atoms with van der Waals surface area (Å²) in [5.74, 6) is -3.71. The van der Waals surface area contributed by atoms with E-state index in [1.54, 1.807) is 20.0 Å². The molecule has 214 valence electrons. The number of nitrogens with two attached hydrogens (primary N) is 3. The highest BCUT2D eigenvalue weighted by Gasteiger charge is 2.30. The molecule has 0 bridgehead atoms. The van der Waals surface area contributed by atoms with Gasteiger partial charge in [0.2, 0.25) is 17.7 Å². The Labute approximate surface area is 232 Å². The number of aromatic amines is 1. The maximum atomic E-state index is 13.2. The number of hydrogen-bond donors (Lipinski definition) is 9. The number of aromatic nitrogens is 1. The van der Waals surface area contributed by atoms with Gasteiger partial charge in [0, 0.05) is 29.4 Å². The number of carbonyl (C=O) groups is 4. The second kappa shape index (κ2) is 15.0. The Morgan fingerprint density at radius 3 is 2.28 bits per heavy atom. The number of benzene rings is 1. The van der Waals surface area contributed by atoms with Gasteiger partial charge in [-0.3, -0.25) is 19.4 Å². The lowest BCUT2D eigenvalue weighted by Gasteiger charge is -2.25. The van der Waals surface area contributed by atoms with Crippen molar-refractivity contribution in [2.45, 2.75) is 57.3 Å². The number of amides is 3. The minimum absolute atomic E-state index is 0.100. The molecule has 14 heteroatoms. The smallest absolute Gasteiger partial charge is 0.326 e. The standard InChI is InChI=1S/C25H38N8O5S/c1-13(2)20(24(37)38)33-23(36)19(12-39)32-22(35)18(8-5-9-29-25(27)28)31-21(34)16(26)10-14-11-30-17-7-4-3-6-15(14)17/h3-4,6-7,11,13,16,18-20,30,39H,5,8-10,12,26H2,1-2H3,(H,31,34)(H,32,35)(H,33,36)(H,37,38)(H4,27,28,29). The summed E-state index contributed by atoms with van der Waals surface area (Å²) >= 11 is 4.13. The molecule has 1 heterocycles. The Hall–Kier alpha value is -3.78. The molecule has 39 heavy (non-hydrogen) atoms.